The first kappa shape index (κ1) is 33.0. The van der Waals surface area contributed by atoms with E-state index in [1.165, 1.54) is 20.3 Å². The minimum absolute atomic E-state index is 0.0364. The molecule has 0 aromatic heterocycles. The third-order valence-electron chi connectivity index (χ3n) is 6.40. The smallest absolute Gasteiger partial charge is 0.255 e. The van der Waals surface area contributed by atoms with Crippen molar-refractivity contribution in [2.75, 3.05) is 31.5 Å². The standard InChI is InChI=1S/2C18H19NO3/c1-4-11-22-16-10-7-14(12-17(16)21-3)18(20)19-15-8-5-13(2)6-9-15;1-4-5-13-10-14(11-16(22-3)17(13)20)18(21)19-15-8-6-12(2)7-9-15/h4-10,12H,1,11H2,2-3H3,(H,19,20);4,6-11,20H,1,5H2,2-3H3,(H,19,21). The van der Waals surface area contributed by atoms with Gasteiger partial charge in [-0.2, -0.15) is 0 Å². The Morgan fingerprint density at radius 3 is 1.73 bits per heavy atom. The summed E-state index contributed by atoms with van der Waals surface area (Å²) >= 11 is 0. The van der Waals surface area contributed by atoms with E-state index in [4.69, 9.17) is 14.2 Å². The van der Waals surface area contributed by atoms with Gasteiger partial charge in [-0.15, -0.1) is 6.58 Å². The number of phenols is 1. The van der Waals surface area contributed by atoms with Crippen molar-refractivity contribution in [3.8, 4) is 23.0 Å². The van der Waals surface area contributed by atoms with Gasteiger partial charge in [0.25, 0.3) is 11.8 Å². The molecule has 0 saturated carbocycles. The minimum atomic E-state index is -0.257. The average molecular weight is 595 g/mol. The van der Waals surface area contributed by atoms with E-state index in [9.17, 15) is 14.7 Å². The van der Waals surface area contributed by atoms with Crippen LogP contribution in [0, 0.1) is 13.8 Å². The van der Waals surface area contributed by atoms with Gasteiger partial charge in [-0.05, 0) is 74.9 Å². The molecule has 0 fully saturated rings. The van der Waals surface area contributed by atoms with Crippen molar-refractivity contribution in [1.29, 1.82) is 0 Å². The van der Waals surface area contributed by atoms with E-state index in [-0.39, 0.29) is 23.3 Å². The first-order chi connectivity index (χ1) is 21.2. The van der Waals surface area contributed by atoms with E-state index in [0.29, 0.717) is 46.9 Å². The lowest BCUT2D eigenvalue weighted by Crippen LogP contribution is -2.12. The van der Waals surface area contributed by atoms with E-state index >= 15 is 0 Å². The summed E-state index contributed by atoms with van der Waals surface area (Å²) in [6.07, 6.45) is 3.77. The topological polar surface area (TPSA) is 106 Å². The summed E-state index contributed by atoms with van der Waals surface area (Å²) < 4.78 is 15.9. The maximum absolute atomic E-state index is 12.4. The van der Waals surface area contributed by atoms with Crippen molar-refractivity contribution in [2.45, 2.75) is 20.3 Å². The zero-order chi connectivity index (χ0) is 32.1. The van der Waals surface area contributed by atoms with Gasteiger partial charge in [0.2, 0.25) is 0 Å². The molecular formula is C36H38N2O6. The van der Waals surface area contributed by atoms with E-state index < -0.39 is 0 Å². The Morgan fingerprint density at radius 2 is 1.23 bits per heavy atom. The van der Waals surface area contributed by atoms with Gasteiger partial charge in [0.15, 0.2) is 23.0 Å². The fourth-order valence-electron chi connectivity index (χ4n) is 4.02. The summed E-state index contributed by atoms with van der Waals surface area (Å²) in [6.45, 7) is 11.6. The summed E-state index contributed by atoms with van der Waals surface area (Å²) in [5.74, 6) is 0.945. The van der Waals surface area contributed by atoms with E-state index in [1.54, 1.807) is 36.4 Å². The lowest BCUT2D eigenvalue weighted by Gasteiger charge is -2.11. The molecule has 0 saturated heterocycles. The van der Waals surface area contributed by atoms with Gasteiger partial charge in [0, 0.05) is 28.1 Å². The monoisotopic (exact) mass is 594 g/mol. The average Bonchev–Trinajstić information content (AvgIpc) is 3.03. The van der Waals surface area contributed by atoms with E-state index in [2.05, 4.69) is 23.8 Å². The number of phenolic OH excluding ortho intramolecular Hbond substituents is 1. The maximum atomic E-state index is 12.4. The Labute approximate surface area is 258 Å². The number of carbonyl (C=O) groups is 2. The number of rotatable bonds is 11. The normalized spacial score (nSPS) is 10.0. The molecule has 0 aliphatic rings. The molecular weight excluding hydrogens is 556 g/mol. The van der Waals surface area contributed by atoms with Crippen LogP contribution in [0.4, 0.5) is 11.4 Å². The Kier molecular flexibility index (Phi) is 12.2. The van der Waals surface area contributed by atoms with Crippen LogP contribution >= 0.6 is 0 Å². The van der Waals surface area contributed by atoms with Crippen LogP contribution in [-0.2, 0) is 6.42 Å². The predicted molar refractivity (Wildman–Crippen MR) is 176 cm³/mol. The van der Waals surface area contributed by atoms with Gasteiger partial charge in [-0.1, -0.05) is 54.1 Å². The Morgan fingerprint density at radius 1 is 0.705 bits per heavy atom. The van der Waals surface area contributed by atoms with Crippen LogP contribution in [0.1, 0.15) is 37.4 Å². The number of methoxy groups -OCH3 is 2. The minimum Gasteiger partial charge on any atom is -0.504 e. The first-order valence-electron chi connectivity index (χ1n) is 13.9. The molecule has 4 aromatic carbocycles. The molecule has 0 aliphatic heterocycles. The number of aromatic hydroxyl groups is 1. The molecule has 2 amide bonds. The van der Waals surface area contributed by atoms with Crippen molar-refractivity contribution < 1.29 is 28.9 Å². The molecule has 8 heteroatoms. The van der Waals surface area contributed by atoms with E-state index in [1.807, 2.05) is 62.4 Å². The molecule has 0 heterocycles. The molecule has 44 heavy (non-hydrogen) atoms. The lowest BCUT2D eigenvalue weighted by molar-refractivity contribution is 0.101. The molecule has 0 radical (unpaired) electrons. The zero-order valence-corrected chi connectivity index (χ0v) is 25.5. The highest BCUT2D eigenvalue weighted by Gasteiger charge is 2.15. The van der Waals surface area contributed by atoms with Gasteiger partial charge in [0.05, 0.1) is 14.2 Å². The van der Waals surface area contributed by atoms with Crippen LogP contribution < -0.4 is 24.8 Å². The van der Waals surface area contributed by atoms with Crippen molar-refractivity contribution in [3.63, 3.8) is 0 Å². The number of hydrogen-bond donors (Lipinski definition) is 3. The van der Waals surface area contributed by atoms with Crippen molar-refractivity contribution in [3.05, 3.63) is 132 Å². The Hall–Kier alpha value is -5.50. The zero-order valence-electron chi connectivity index (χ0n) is 25.5. The van der Waals surface area contributed by atoms with Crippen LogP contribution in [-0.4, -0.2) is 37.7 Å². The molecule has 0 unspecified atom stereocenters. The molecule has 0 bridgehead atoms. The largest absolute Gasteiger partial charge is 0.504 e. The number of aryl methyl sites for hydroxylation is 2. The number of nitrogens with one attached hydrogen (secondary N) is 2. The van der Waals surface area contributed by atoms with Gasteiger partial charge in [-0.3, -0.25) is 9.59 Å². The van der Waals surface area contributed by atoms with Crippen LogP contribution in [0.2, 0.25) is 0 Å². The summed E-state index contributed by atoms with van der Waals surface area (Å²) in [5.41, 5.74) is 5.26. The highest BCUT2D eigenvalue weighted by atomic mass is 16.5. The highest BCUT2D eigenvalue weighted by molar-refractivity contribution is 6.05. The number of anilines is 2. The molecule has 0 atom stereocenters. The maximum Gasteiger partial charge on any atom is 0.255 e. The quantitative estimate of drug-likeness (QED) is 0.155. The summed E-state index contributed by atoms with van der Waals surface area (Å²) in [4.78, 5) is 24.6. The summed E-state index contributed by atoms with van der Waals surface area (Å²) in [5, 5.41) is 15.7. The van der Waals surface area contributed by atoms with Crippen molar-refractivity contribution in [1.82, 2.24) is 0 Å². The van der Waals surface area contributed by atoms with E-state index in [0.717, 1.165) is 16.8 Å². The summed E-state index contributed by atoms with van der Waals surface area (Å²) in [7, 11) is 2.99. The molecule has 4 aromatic rings. The van der Waals surface area contributed by atoms with Crippen molar-refractivity contribution >= 4 is 23.2 Å². The number of carbonyl (C=O) groups excluding carboxylic acids is 2. The van der Waals surface area contributed by atoms with Gasteiger partial charge < -0.3 is 30.0 Å². The van der Waals surface area contributed by atoms with Crippen LogP contribution in [0.5, 0.6) is 23.0 Å². The molecule has 3 N–H and O–H groups in total. The third-order valence-corrected chi connectivity index (χ3v) is 6.40. The number of ether oxygens (including phenoxy) is 3. The molecule has 0 spiro atoms. The second-order valence-corrected chi connectivity index (χ2v) is 9.78. The summed E-state index contributed by atoms with van der Waals surface area (Å²) in [6, 6.07) is 23.4. The SMILES string of the molecule is C=CCOc1ccc(C(=O)Nc2ccc(C)cc2)cc1OC.C=CCc1cc(C(=O)Nc2ccc(C)cc2)cc(OC)c1O. The van der Waals surface area contributed by atoms with Crippen LogP contribution in [0.15, 0.2) is 104 Å². The number of allylic oxidation sites excluding steroid dienone is 1. The third kappa shape index (κ3) is 9.25. The Balaban J connectivity index is 0.000000240. The molecule has 0 aliphatic carbocycles. The van der Waals surface area contributed by atoms with Gasteiger partial charge in [0.1, 0.15) is 6.61 Å². The molecule has 228 valence electrons. The number of hydrogen-bond acceptors (Lipinski definition) is 6. The van der Waals surface area contributed by atoms with Crippen molar-refractivity contribution in [2.24, 2.45) is 0 Å². The fraction of sp³-hybridized carbons (Fsp3) is 0.167. The van der Waals surface area contributed by atoms with Gasteiger partial charge in [-0.25, -0.2) is 0 Å². The molecule has 8 nitrogen and oxygen atoms in total. The van der Waals surface area contributed by atoms with Crippen LogP contribution in [0.25, 0.3) is 0 Å². The highest BCUT2D eigenvalue weighted by Crippen LogP contribution is 2.32. The number of benzene rings is 4. The number of amides is 2. The van der Waals surface area contributed by atoms with Crippen LogP contribution in [0.3, 0.4) is 0 Å². The second-order valence-electron chi connectivity index (χ2n) is 9.78. The fourth-order valence-corrected chi connectivity index (χ4v) is 4.02. The molecule has 4 rings (SSSR count). The predicted octanol–water partition coefficient (Wildman–Crippen LogP) is 7.51. The second kappa shape index (κ2) is 16.2. The van der Waals surface area contributed by atoms with Gasteiger partial charge >= 0.3 is 0 Å². The lowest BCUT2D eigenvalue weighted by atomic mass is 10.0. The Bertz CT molecular complexity index is 1590. The first-order valence-corrected chi connectivity index (χ1v) is 13.9.